The lowest BCUT2D eigenvalue weighted by atomic mass is 9.94. The largest absolute Gasteiger partial charge is 0.349 e. The zero-order valence-electron chi connectivity index (χ0n) is 13.7. The number of carbonyl (C=O) groups excluding carboxylic acids is 1. The van der Waals surface area contributed by atoms with Crippen LogP contribution in [0.25, 0.3) is 0 Å². The Hall–Kier alpha value is -0.960. The van der Waals surface area contributed by atoms with Crippen LogP contribution >= 0.6 is 11.3 Å². The highest BCUT2D eigenvalue weighted by molar-refractivity contribution is 7.89. The number of thiophene rings is 1. The van der Waals surface area contributed by atoms with E-state index in [2.05, 4.69) is 5.32 Å². The average molecular weight is 360 g/mol. The Labute approximate surface area is 142 Å². The third kappa shape index (κ3) is 3.93. The van der Waals surface area contributed by atoms with Crippen LogP contribution in [-0.2, 0) is 10.0 Å². The minimum atomic E-state index is -3.58. The van der Waals surface area contributed by atoms with Crippen molar-refractivity contribution in [2.45, 2.75) is 50.0 Å². The normalized spacial score (nSPS) is 16.7. The van der Waals surface area contributed by atoms with Gasteiger partial charge in [-0.15, -0.1) is 11.3 Å². The first-order valence-electron chi connectivity index (χ1n) is 7.99. The molecule has 1 aliphatic rings. The molecule has 2 heterocycles. The summed E-state index contributed by atoms with van der Waals surface area (Å²) in [6.07, 6.45) is 3.22. The third-order valence-corrected chi connectivity index (χ3v) is 7.51. The average Bonchev–Trinajstić information content (AvgIpc) is 3.23. The predicted molar refractivity (Wildman–Crippen MR) is 92.1 cm³/mol. The molecule has 1 aromatic heterocycles. The number of sulfonamides is 1. The summed E-state index contributed by atoms with van der Waals surface area (Å²) in [5.74, 6) is -0.366. The Morgan fingerprint density at radius 3 is 2.52 bits per heavy atom. The van der Waals surface area contributed by atoms with E-state index in [9.17, 15) is 13.2 Å². The number of hydrogen-bond donors (Lipinski definition) is 2. The van der Waals surface area contributed by atoms with Gasteiger partial charge in [0.15, 0.2) is 0 Å². The summed E-state index contributed by atoms with van der Waals surface area (Å²) < 4.78 is 26.8. The molecule has 0 aromatic carbocycles. The number of rotatable bonds is 7. The SMILES string of the molecule is CCC(N)(CC)CNC(=O)c1sccc1S(=O)(=O)N1CCCC1. The molecule has 1 saturated heterocycles. The standard InChI is InChI=1S/C15H25N3O3S2/c1-3-15(16,4-2)11-17-14(19)13-12(7-10-22-13)23(20,21)18-8-5-6-9-18/h7,10H,3-6,8-9,11,16H2,1-2H3,(H,17,19). The zero-order chi connectivity index (χ0) is 17.1. The van der Waals surface area contributed by atoms with E-state index in [1.807, 2.05) is 13.8 Å². The summed E-state index contributed by atoms with van der Waals surface area (Å²) in [7, 11) is -3.58. The Kier molecular flexibility index (Phi) is 5.83. The van der Waals surface area contributed by atoms with E-state index in [1.165, 1.54) is 10.4 Å². The van der Waals surface area contributed by atoms with E-state index in [-0.39, 0.29) is 15.7 Å². The first-order valence-corrected chi connectivity index (χ1v) is 10.3. The number of carbonyl (C=O) groups is 1. The van der Waals surface area contributed by atoms with Gasteiger partial charge >= 0.3 is 0 Å². The summed E-state index contributed by atoms with van der Waals surface area (Å²) in [4.78, 5) is 12.8. The number of amides is 1. The Morgan fingerprint density at radius 1 is 1.35 bits per heavy atom. The fourth-order valence-electron chi connectivity index (χ4n) is 2.57. The van der Waals surface area contributed by atoms with Crippen molar-refractivity contribution >= 4 is 27.3 Å². The Bertz CT molecular complexity index is 645. The quantitative estimate of drug-likeness (QED) is 0.776. The van der Waals surface area contributed by atoms with Gasteiger partial charge in [0.05, 0.1) is 0 Å². The highest BCUT2D eigenvalue weighted by Gasteiger charge is 2.32. The molecule has 0 spiro atoms. The lowest BCUT2D eigenvalue weighted by Crippen LogP contribution is -2.49. The van der Waals surface area contributed by atoms with Crippen LogP contribution in [0.5, 0.6) is 0 Å². The van der Waals surface area contributed by atoms with Gasteiger partial charge in [-0.3, -0.25) is 4.79 Å². The molecule has 0 aliphatic carbocycles. The lowest BCUT2D eigenvalue weighted by Gasteiger charge is -2.26. The van der Waals surface area contributed by atoms with Crippen molar-refractivity contribution in [1.29, 1.82) is 0 Å². The maximum atomic E-state index is 12.7. The molecule has 8 heteroatoms. The predicted octanol–water partition coefficient (Wildman–Crippen LogP) is 1.78. The molecule has 0 radical (unpaired) electrons. The lowest BCUT2D eigenvalue weighted by molar-refractivity contribution is 0.0943. The third-order valence-electron chi connectivity index (χ3n) is 4.53. The topological polar surface area (TPSA) is 92.5 Å². The van der Waals surface area contributed by atoms with Gasteiger partial charge in [0.1, 0.15) is 9.77 Å². The number of hydrogen-bond acceptors (Lipinski definition) is 5. The van der Waals surface area contributed by atoms with Crippen molar-refractivity contribution in [3.63, 3.8) is 0 Å². The number of nitrogens with one attached hydrogen (secondary N) is 1. The van der Waals surface area contributed by atoms with E-state index < -0.39 is 15.6 Å². The number of nitrogens with zero attached hydrogens (tertiary/aromatic N) is 1. The first-order chi connectivity index (χ1) is 10.8. The molecular formula is C15H25N3O3S2. The van der Waals surface area contributed by atoms with E-state index in [1.54, 1.807) is 5.38 Å². The van der Waals surface area contributed by atoms with E-state index >= 15 is 0 Å². The summed E-state index contributed by atoms with van der Waals surface area (Å²) in [6.45, 7) is 5.34. The molecule has 1 aromatic rings. The second kappa shape index (κ2) is 7.29. The maximum absolute atomic E-state index is 12.7. The van der Waals surface area contributed by atoms with Crippen LogP contribution in [0.4, 0.5) is 0 Å². The Morgan fingerprint density at radius 2 is 1.96 bits per heavy atom. The maximum Gasteiger partial charge on any atom is 0.262 e. The van der Waals surface area contributed by atoms with Crippen LogP contribution in [0.1, 0.15) is 49.2 Å². The smallest absolute Gasteiger partial charge is 0.262 e. The van der Waals surface area contributed by atoms with Gasteiger partial charge in [-0.25, -0.2) is 8.42 Å². The Balaban J connectivity index is 2.16. The van der Waals surface area contributed by atoms with Crippen LogP contribution in [-0.4, -0.2) is 43.8 Å². The molecule has 0 atom stereocenters. The van der Waals surface area contributed by atoms with Crippen molar-refractivity contribution in [2.24, 2.45) is 5.73 Å². The summed E-state index contributed by atoms with van der Waals surface area (Å²) >= 11 is 1.15. The van der Waals surface area contributed by atoms with Gasteiger partial charge in [0, 0.05) is 25.2 Å². The minimum Gasteiger partial charge on any atom is -0.349 e. The van der Waals surface area contributed by atoms with Gasteiger partial charge in [0.25, 0.3) is 5.91 Å². The summed E-state index contributed by atoms with van der Waals surface area (Å²) in [6, 6.07) is 1.52. The molecule has 2 rings (SSSR count). The minimum absolute atomic E-state index is 0.109. The molecule has 130 valence electrons. The highest BCUT2D eigenvalue weighted by Crippen LogP contribution is 2.27. The van der Waals surface area contributed by atoms with Crippen molar-refractivity contribution in [2.75, 3.05) is 19.6 Å². The second-order valence-electron chi connectivity index (χ2n) is 5.98. The molecule has 0 saturated carbocycles. The van der Waals surface area contributed by atoms with Crippen LogP contribution < -0.4 is 11.1 Å². The molecule has 6 nitrogen and oxygen atoms in total. The molecule has 23 heavy (non-hydrogen) atoms. The van der Waals surface area contributed by atoms with Crippen molar-refractivity contribution in [1.82, 2.24) is 9.62 Å². The van der Waals surface area contributed by atoms with Gasteiger partial charge in [-0.2, -0.15) is 4.31 Å². The van der Waals surface area contributed by atoms with E-state index in [0.717, 1.165) is 37.0 Å². The molecule has 1 amide bonds. The van der Waals surface area contributed by atoms with Gasteiger partial charge in [-0.05, 0) is 37.1 Å². The second-order valence-corrected chi connectivity index (χ2v) is 8.80. The van der Waals surface area contributed by atoms with E-state index in [0.29, 0.717) is 19.6 Å². The zero-order valence-corrected chi connectivity index (χ0v) is 15.3. The summed E-state index contributed by atoms with van der Waals surface area (Å²) in [5, 5.41) is 4.44. The fraction of sp³-hybridized carbons (Fsp3) is 0.667. The highest BCUT2D eigenvalue weighted by atomic mass is 32.2. The van der Waals surface area contributed by atoms with Crippen LogP contribution in [0.15, 0.2) is 16.3 Å². The van der Waals surface area contributed by atoms with Gasteiger partial charge < -0.3 is 11.1 Å². The van der Waals surface area contributed by atoms with Crippen molar-refractivity contribution in [3.05, 3.63) is 16.3 Å². The van der Waals surface area contributed by atoms with Crippen molar-refractivity contribution < 1.29 is 13.2 Å². The molecule has 1 fully saturated rings. The van der Waals surface area contributed by atoms with Crippen molar-refractivity contribution in [3.8, 4) is 0 Å². The van der Waals surface area contributed by atoms with E-state index in [4.69, 9.17) is 5.73 Å². The molecular weight excluding hydrogens is 334 g/mol. The van der Waals surface area contributed by atoms with Gasteiger partial charge in [-0.1, -0.05) is 13.8 Å². The van der Waals surface area contributed by atoms with Crippen LogP contribution in [0, 0.1) is 0 Å². The fourth-order valence-corrected chi connectivity index (χ4v) is 5.40. The molecule has 0 bridgehead atoms. The monoisotopic (exact) mass is 359 g/mol. The number of nitrogens with two attached hydrogens (primary N) is 1. The van der Waals surface area contributed by atoms with Crippen LogP contribution in [0.3, 0.4) is 0 Å². The molecule has 1 aliphatic heterocycles. The molecule has 3 N–H and O–H groups in total. The van der Waals surface area contributed by atoms with Gasteiger partial charge in [0.2, 0.25) is 10.0 Å². The van der Waals surface area contributed by atoms with Crippen LogP contribution in [0.2, 0.25) is 0 Å². The summed E-state index contributed by atoms with van der Waals surface area (Å²) in [5.41, 5.74) is 5.73. The first kappa shape index (κ1) is 18.4. The molecule has 0 unspecified atom stereocenters.